The van der Waals surface area contributed by atoms with E-state index >= 15 is 0 Å². The van der Waals surface area contributed by atoms with E-state index < -0.39 is 5.82 Å². The van der Waals surface area contributed by atoms with Crippen LogP contribution >= 0.6 is 11.6 Å². The van der Waals surface area contributed by atoms with Crippen molar-refractivity contribution in [3.63, 3.8) is 0 Å². The van der Waals surface area contributed by atoms with Gasteiger partial charge in [-0.3, -0.25) is 4.79 Å². The van der Waals surface area contributed by atoms with Gasteiger partial charge in [-0.1, -0.05) is 43.6 Å². The fourth-order valence-corrected chi connectivity index (χ4v) is 3.78. The molecule has 0 saturated carbocycles. The van der Waals surface area contributed by atoms with Crippen LogP contribution in [0.25, 0.3) is 10.8 Å². The number of benzene rings is 2. The molecule has 0 unspecified atom stereocenters. The maximum Gasteiger partial charge on any atom is 0.322 e. The van der Waals surface area contributed by atoms with Crippen LogP contribution in [0.15, 0.2) is 53.5 Å². The van der Waals surface area contributed by atoms with Crippen molar-refractivity contribution >= 4 is 34.1 Å². The molecule has 0 fully saturated rings. The molecule has 5 nitrogen and oxygen atoms in total. The number of hydrogen-bond acceptors (Lipinski definition) is 2. The lowest BCUT2D eigenvalue weighted by Gasteiger charge is -2.34. The summed E-state index contributed by atoms with van der Waals surface area (Å²) in [7, 11) is 0. The lowest BCUT2D eigenvalue weighted by molar-refractivity contribution is 0.172. The van der Waals surface area contributed by atoms with E-state index in [0.717, 1.165) is 10.9 Å². The van der Waals surface area contributed by atoms with Gasteiger partial charge in [0.1, 0.15) is 5.82 Å². The zero-order valence-corrected chi connectivity index (χ0v) is 17.3. The topological polar surface area (TPSA) is 65.2 Å². The second-order valence-corrected chi connectivity index (χ2v) is 7.56. The molecule has 3 rings (SSSR count). The smallest absolute Gasteiger partial charge is 0.322 e. The van der Waals surface area contributed by atoms with E-state index in [0.29, 0.717) is 17.6 Å². The minimum absolute atomic E-state index is 0.0575. The summed E-state index contributed by atoms with van der Waals surface area (Å²) in [5.74, 6) is -0.469. The van der Waals surface area contributed by atoms with E-state index in [1.807, 2.05) is 39.0 Å². The first-order valence-electron chi connectivity index (χ1n) is 9.46. The number of amides is 2. The number of aromatic amines is 1. The number of nitrogens with one attached hydrogen (secondary N) is 2. The average Bonchev–Trinajstić information content (AvgIpc) is 2.69. The van der Waals surface area contributed by atoms with Crippen LogP contribution in [0.4, 0.5) is 14.9 Å². The van der Waals surface area contributed by atoms with Crippen molar-refractivity contribution in [2.75, 3.05) is 11.9 Å². The van der Waals surface area contributed by atoms with Crippen LogP contribution in [0.2, 0.25) is 5.02 Å². The SMILES string of the molecule is CCN(C(=O)Nc1ccc(F)c(Cl)c1)[C@@H](c1c[nH]c(=O)c2ccccc12)C(C)C. The Morgan fingerprint density at radius 3 is 2.52 bits per heavy atom. The van der Waals surface area contributed by atoms with Crippen LogP contribution in [0.1, 0.15) is 32.4 Å². The molecule has 1 aromatic heterocycles. The fraction of sp³-hybridized carbons (Fsp3) is 0.273. The number of fused-ring (bicyclic) bond motifs is 1. The zero-order valence-electron chi connectivity index (χ0n) is 16.5. The van der Waals surface area contributed by atoms with Gasteiger partial charge in [-0.25, -0.2) is 9.18 Å². The molecular formula is C22H23ClFN3O2. The Morgan fingerprint density at radius 2 is 1.90 bits per heavy atom. The summed E-state index contributed by atoms with van der Waals surface area (Å²) in [4.78, 5) is 29.8. The summed E-state index contributed by atoms with van der Waals surface area (Å²) in [5.41, 5.74) is 1.11. The summed E-state index contributed by atoms with van der Waals surface area (Å²) in [6, 6.07) is 10.8. The molecule has 2 aromatic carbocycles. The molecule has 0 saturated heterocycles. The molecular weight excluding hydrogens is 393 g/mol. The van der Waals surface area contributed by atoms with Gasteiger partial charge in [0.25, 0.3) is 5.56 Å². The molecule has 7 heteroatoms. The number of carbonyl (C=O) groups is 1. The van der Waals surface area contributed by atoms with E-state index in [1.54, 1.807) is 17.2 Å². The van der Waals surface area contributed by atoms with Crippen molar-refractivity contribution in [2.24, 2.45) is 5.92 Å². The van der Waals surface area contributed by atoms with E-state index in [1.165, 1.54) is 18.2 Å². The minimum Gasteiger partial charge on any atom is -0.328 e. The quantitative estimate of drug-likeness (QED) is 0.572. The fourth-order valence-electron chi connectivity index (χ4n) is 3.60. The van der Waals surface area contributed by atoms with E-state index in [2.05, 4.69) is 10.3 Å². The lowest BCUT2D eigenvalue weighted by atomic mass is 9.92. The lowest BCUT2D eigenvalue weighted by Crippen LogP contribution is -2.40. The highest BCUT2D eigenvalue weighted by molar-refractivity contribution is 6.31. The molecule has 0 spiro atoms. The summed E-state index contributed by atoms with van der Waals surface area (Å²) in [6.07, 6.45) is 1.68. The molecule has 2 amide bonds. The number of aromatic nitrogens is 1. The third kappa shape index (κ3) is 4.27. The number of urea groups is 1. The predicted molar refractivity (Wildman–Crippen MR) is 115 cm³/mol. The Morgan fingerprint density at radius 1 is 1.21 bits per heavy atom. The van der Waals surface area contributed by atoms with Gasteiger partial charge in [0.15, 0.2) is 0 Å². The van der Waals surface area contributed by atoms with Gasteiger partial charge in [-0.15, -0.1) is 0 Å². The molecule has 0 aliphatic heterocycles. The van der Waals surface area contributed by atoms with E-state index in [-0.39, 0.29) is 28.6 Å². The number of pyridine rings is 1. The number of anilines is 1. The molecule has 0 aliphatic carbocycles. The molecule has 0 bridgehead atoms. The monoisotopic (exact) mass is 415 g/mol. The number of H-pyrrole nitrogens is 1. The third-order valence-corrected chi connectivity index (χ3v) is 5.19. The number of carbonyl (C=O) groups excluding carboxylic acids is 1. The van der Waals surface area contributed by atoms with Gasteiger partial charge < -0.3 is 15.2 Å². The Bertz CT molecular complexity index is 1100. The van der Waals surface area contributed by atoms with Crippen LogP contribution in [0.3, 0.4) is 0 Å². The molecule has 29 heavy (non-hydrogen) atoms. The van der Waals surface area contributed by atoms with Crippen LogP contribution < -0.4 is 10.9 Å². The van der Waals surface area contributed by atoms with Crippen molar-refractivity contribution < 1.29 is 9.18 Å². The summed E-state index contributed by atoms with van der Waals surface area (Å²) >= 11 is 5.83. The summed E-state index contributed by atoms with van der Waals surface area (Å²) in [6.45, 7) is 6.38. The highest BCUT2D eigenvalue weighted by Gasteiger charge is 2.28. The zero-order chi connectivity index (χ0) is 21.1. The highest BCUT2D eigenvalue weighted by atomic mass is 35.5. The number of rotatable bonds is 5. The Balaban J connectivity index is 2.01. The number of hydrogen-bond donors (Lipinski definition) is 2. The summed E-state index contributed by atoms with van der Waals surface area (Å²) in [5, 5.41) is 4.12. The molecule has 2 N–H and O–H groups in total. The van der Waals surface area contributed by atoms with Gasteiger partial charge >= 0.3 is 6.03 Å². The molecule has 1 heterocycles. The standard InChI is InChI=1S/C22H23ClFN3O2/c1-4-27(22(29)26-14-9-10-19(24)18(23)11-14)20(13(2)3)17-12-25-21(28)16-8-6-5-7-15(16)17/h5-13,20H,4H2,1-3H3,(H,25,28)(H,26,29)/t20-/m1/s1. The first-order chi connectivity index (χ1) is 13.8. The third-order valence-electron chi connectivity index (χ3n) is 4.90. The molecule has 0 radical (unpaired) electrons. The first kappa shape index (κ1) is 20.9. The summed E-state index contributed by atoms with van der Waals surface area (Å²) < 4.78 is 13.4. The highest BCUT2D eigenvalue weighted by Crippen LogP contribution is 2.33. The van der Waals surface area contributed by atoms with Crippen LogP contribution in [-0.4, -0.2) is 22.5 Å². The Labute approximate surface area is 173 Å². The average molecular weight is 416 g/mol. The second kappa shape index (κ2) is 8.66. The predicted octanol–water partition coefficient (Wildman–Crippen LogP) is 5.57. The van der Waals surface area contributed by atoms with Crippen LogP contribution in [0.5, 0.6) is 0 Å². The van der Waals surface area contributed by atoms with Gasteiger partial charge in [0, 0.05) is 23.8 Å². The van der Waals surface area contributed by atoms with Crippen molar-refractivity contribution in [1.82, 2.24) is 9.88 Å². The van der Waals surface area contributed by atoms with Gasteiger partial charge in [-0.05, 0) is 48.1 Å². The van der Waals surface area contributed by atoms with E-state index in [9.17, 15) is 14.0 Å². The first-order valence-corrected chi connectivity index (χ1v) is 9.84. The Kier molecular flexibility index (Phi) is 6.23. The number of nitrogens with zero attached hydrogens (tertiary/aromatic N) is 1. The van der Waals surface area contributed by atoms with Gasteiger partial charge in [0.05, 0.1) is 11.1 Å². The normalized spacial score (nSPS) is 12.2. The largest absolute Gasteiger partial charge is 0.328 e. The maximum absolute atomic E-state index is 13.4. The van der Waals surface area contributed by atoms with Crippen LogP contribution in [-0.2, 0) is 0 Å². The van der Waals surface area contributed by atoms with E-state index in [4.69, 9.17) is 11.6 Å². The van der Waals surface area contributed by atoms with Gasteiger partial charge in [-0.2, -0.15) is 0 Å². The van der Waals surface area contributed by atoms with Crippen molar-refractivity contribution in [1.29, 1.82) is 0 Å². The maximum atomic E-state index is 13.4. The van der Waals surface area contributed by atoms with Crippen LogP contribution in [0, 0.1) is 11.7 Å². The second-order valence-electron chi connectivity index (χ2n) is 7.15. The molecule has 1 atom stereocenters. The molecule has 152 valence electrons. The Hall–Kier alpha value is -2.86. The van der Waals surface area contributed by atoms with Crippen molar-refractivity contribution in [3.05, 3.63) is 75.4 Å². The molecule has 0 aliphatic rings. The minimum atomic E-state index is -0.545. The van der Waals surface area contributed by atoms with Crippen molar-refractivity contribution in [3.8, 4) is 0 Å². The van der Waals surface area contributed by atoms with Gasteiger partial charge in [0.2, 0.25) is 0 Å². The number of halogens is 2. The molecule has 3 aromatic rings. The van der Waals surface area contributed by atoms with Crippen molar-refractivity contribution in [2.45, 2.75) is 26.8 Å².